The van der Waals surface area contributed by atoms with Crippen molar-refractivity contribution in [2.45, 2.75) is 37.3 Å². The lowest BCUT2D eigenvalue weighted by atomic mass is 9.99. The highest BCUT2D eigenvalue weighted by Gasteiger charge is 2.46. The molecule has 0 aliphatic carbocycles. The first-order chi connectivity index (χ1) is 13.1. The van der Waals surface area contributed by atoms with Gasteiger partial charge in [-0.1, -0.05) is 30.3 Å². The average Bonchev–Trinajstić information content (AvgIpc) is 2.71. The summed E-state index contributed by atoms with van der Waals surface area (Å²) >= 11 is 0. The Morgan fingerprint density at radius 2 is 1.59 bits per heavy atom. The SMILES string of the molecule is COc1ccc(O[C@H]2O[C@H](CO)[C@@H](O)[C@H](OCc3ccccc3)[C@H]2O)cc1. The Hall–Kier alpha value is -2.16. The number of hydrogen-bond acceptors (Lipinski definition) is 7. The molecule has 1 aliphatic heterocycles. The van der Waals surface area contributed by atoms with Crippen LogP contribution in [0.5, 0.6) is 11.5 Å². The Morgan fingerprint density at radius 3 is 2.22 bits per heavy atom. The summed E-state index contributed by atoms with van der Waals surface area (Å²) in [6.45, 7) is -0.228. The molecule has 0 saturated carbocycles. The van der Waals surface area contributed by atoms with Gasteiger partial charge in [-0.05, 0) is 29.8 Å². The van der Waals surface area contributed by atoms with E-state index in [1.54, 1.807) is 31.4 Å². The second kappa shape index (κ2) is 9.16. The van der Waals surface area contributed by atoms with E-state index in [1.807, 2.05) is 30.3 Å². The van der Waals surface area contributed by atoms with Gasteiger partial charge in [0.05, 0.1) is 20.3 Å². The summed E-state index contributed by atoms with van der Waals surface area (Å²) in [7, 11) is 1.56. The van der Waals surface area contributed by atoms with Crippen molar-refractivity contribution in [1.29, 1.82) is 0 Å². The fraction of sp³-hybridized carbons (Fsp3) is 0.400. The molecule has 3 N–H and O–H groups in total. The lowest BCUT2D eigenvalue weighted by Gasteiger charge is -2.41. The van der Waals surface area contributed by atoms with E-state index in [-0.39, 0.29) is 6.61 Å². The first-order valence-electron chi connectivity index (χ1n) is 8.71. The van der Waals surface area contributed by atoms with E-state index in [2.05, 4.69) is 0 Å². The number of aliphatic hydroxyl groups is 3. The Balaban J connectivity index is 1.70. The number of benzene rings is 2. The molecule has 7 heteroatoms. The van der Waals surface area contributed by atoms with Crippen LogP contribution < -0.4 is 9.47 Å². The summed E-state index contributed by atoms with van der Waals surface area (Å²) in [6, 6.07) is 16.2. The first kappa shape index (κ1) is 19.6. The molecule has 1 aliphatic rings. The van der Waals surface area contributed by atoms with Crippen LogP contribution in [0.25, 0.3) is 0 Å². The number of hydrogen-bond donors (Lipinski definition) is 3. The van der Waals surface area contributed by atoms with E-state index >= 15 is 0 Å². The zero-order valence-electron chi connectivity index (χ0n) is 15.0. The molecule has 0 unspecified atom stereocenters. The molecule has 2 aromatic rings. The zero-order chi connectivity index (χ0) is 19.2. The second-order valence-corrected chi connectivity index (χ2v) is 6.26. The van der Waals surface area contributed by atoms with Crippen molar-refractivity contribution in [2.24, 2.45) is 0 Å². The zero-order valence-corrected chi connectivity index (χ0v) is 15.0. The minimum atomic E-state index is -1.24. The molecule has 5 atom stereocenters. The molecule has 0 spiro atoms. The van der Waals surface area contributed by atoms with Gasteiger partial charge < -0.3 is 34.3 Å². The van der Waals surface area contributed by atoms with E-state index < -0.39 is 37.3 Å². The highest BCUT2D eigenvalue weighted by Crippen LogP contribution is 2.27. The van der Waals surface area contributed by atoms with Crippen molar-refractivity contribution < 1.29 is 34.3 Å². The molecule has 0 bridgehead atoms. The normalized spacial score (nSPS) is 27.9. The van der Waals surface area contributed by atoms with E-state index in [1.165, 1.54) is 0 Å². The van der Waals surface area contributed by atoms with Gasteiger partial charge in [0.15, 0.2) is 0 Å². The molecular formula is C20H24O7. The quantitative estimate of drug-likeness (QED) is 0.666. The van der Waals surface area contributed by atoms with Gasteiger partial charge in [0.1, 0.15) is 35.9 Å². The van der Waals surface area contributed by atoms with E-state index in [0.717, 1.165) is 5.56 Å². The number of rotatable bonds is 7. The summed E-state index contributed by atoms with van der Waals surface area (Å²) in [5.41, 5.74) is 0.900. The van der Waals surface area contributed by atoms with Gasteiger partial charge >= 0.3 is 0 Å². The van der Waals surface area contributed by atoms with Crippen LogP contribution in [0.1, 0.15) is 5.56 Å². The van der Waals surface area contributed by atoms with Crippen LogP contribution in [-0.2, 0) is 16.1 Å². The van der Waals surface area contributed by atoms with Crippen LogP contribution in [0.4, 0.5) is 0 Å². The predicted octanol–water partition coefficient (Wildman–Crippen LogP) is 1.10. The molecule has 146 valence electrons. The third-order valence-corrected chi connectivity index (χ3v) is 4.42. The standard InChI is InChI=1S/C20H24O7/c1-24-14-7-9-15(10-8-14)26-20-18(23)19(17(22)16(11-21)27-20)25-12-13-5-3-2-4-6-13/h2-10,16-23H,11-12H2,1H3/t16-,17-,18-,19+,20+/m1/s1. The van der Waals surface area contributed by atoms with Gasteiger partial charge in [0.2, 0.25) is 6.29 Å². The van der Waals surface area contributed by atoms with Crippen LogP contribution in [0.2, 0.25) is 0 Å². The number of aliphatic hydroxyl groups excluding tert-OH is 3. The molecule has 27 heavy (non-hydrogen) atoms. The van der Waals surface area contributed by atoms with Crippen LogP contribution >= 0.6 is 0 Å². The molecule has 0 aromatic heterocycles. The van der Waals surface area contributed by atoms with Gasteiger partial charge in [-0.25, -0.2) is 0 Å². The van der Waals surface area contributed by atoms with Gasteiger partial charge in [-0.15, -0.1) is 0 Å². The Kier molecular flexibility index (Phi) is 6.65. The number of ether oxygens (including phenoxy) is 4. The van der Waals surface area contributed by atoms with E-state index in [0.29, 0.717) is 11.5 Å². The van der Waals surface area contributed by atoms with Crippen LogP contribution in [0.15, 0.2) is 54.6 Å². The third-order valence-electron chi connectivity index (χ3n) is 4.42. The fourth-order valence-electron chi connectivity index (χ4n) is 2.90. The number of methoxy groups -OCH3 is 1. The van der Waals surface area contributed by atoms with E-state index in [4.69, 9.17) is 18.9 Å². The van der Waals surface area contributed by atoms with Crippen molar-refractivity contribution in [2.75, 3.05) is 13.7 Å². The van der Waals surface area contributed by atoms with E-state index in [9.17, 15) is 15.3 Å². The monoisotopic (exact) mass is 376 g/mol. The van der Waals surface area contributed by atoms with Crippen molar-refractivity contribution in [1.82, 2.24) is 0 Å². The molecule has 3 rings (SSSR count). The van der Waals surface area contributed by atoms with Crippen molar-refractivity contribution >= 4 is 0 Å². The minimum Gasteiger partial charge on any atom is -0.497 e. The fourth-order valence-corrected chi connectivity index (χ4v) is 2.90. The first-order valence-corrected chi connectivity index (χ1v) is 8.71. The summed E-state index contributed by atoms with van der Waals surface area (Å²) in [6.07, 6.45) is -5.44. The van der Waals surface area contributed by atoms with Gasteiger partial charge in [-0.3, -0.25) is 0 Å². The molecule has 1 saturated heterocycles. The van der Waals surface area contributed by atoms with Crippen LogP contribution in [0, 0.1) is 0 Å². The van der Waals surface area contributed by atoms with Gasteiger partial charge in [-0.2, -0.15) is 0 Å². The summed E-state index contributed by atoms with van der Waals surface area (Å²) in [5.74, 6) is 1.12. The molecule has 7 nitrogen and oxygen atoms in total. The highest BCUT2D eigenvalue weighted by molar-refractivity contribution is 5.31. The molecule has 0 amide bonds. The molecule has 0 radical (unpaired) electrons. The maximum Gasteiger partial charge on any atom is 0.229 e. The summed E-state index contributed by atoms with van der Waals surface area (Å²) < 4.78 is 22.1. The van der Waals surface area contributed by atoms with Crippen molar-refractivity contribution in [3.8, 4) is 11.5 Å². The lowest BCUT2D eigenvalue weighted by molar-refractivity contribution is -0.287. The summed E-state index contributed by atoms with van der Waals surface area (Å²) in [4.78, 5) is 0. The molecular weight excluding hydrogens is 352 g/mol. The molecule has 1 fully saturated rings. The third kappa shape index (κ3) is 4.77. The minimum absolute atomic E-state index is 0.201. The Bertz CT molecular complexity index is 691. The Morgan fingerprint density at radius 1 is 0.926 bits per heavy atom. The smallest absolute Gasteiger partial charge is 0.229 e. The highest BCUT2D eigenvalue weighted by atomic mass is 16.7. The molecule has 2 aromatic carbocycles. The summed E-state index contributed by atoms with van der Waals surface area (Å²) in [5, 5.41) is 30.5. The maximum absolute atomic E-state index is 10.6. The largest absolute Gasteiger partial charge is 0.497 e. The van der Waals surface area contributed by atoms with Gasteiger partial charge in [0.25, 0.3) is 0 Å². The lowest BCUT2D eigenvalue weighted by Crippen LogP contribution is -2.60. The van der Waals surface area contributed by atoms with Gasteiger partial charge in [0, 0.05) is 0 Å². The topological polar surface area (TPSA) is 97.6 Å². The van der Waals surface area contributed by atoms with Crippen LogP contribution in [-0.4, -0.2) is 59.7 Å². The van der Waals surface area contributed by atoms with Crippen molar-refractivity contribution in [3.05, 3.63) is 60.2 Å². The second-order valence-electron chi connectivity index (χ2n) is 6.26. The van der Waals surface area contributed by atoms with Crippen LogP contribution in [0.3, 0.4) is 0 Å². The Labute approximate surface area is 157 Å². The van der Waals surface area contributed by atoms with Crippen molar-refractivity contribution in [3.63, 3.8) is 0 Å². The molecule has 1 heterocycles. The predicted molar refractivity (Wildman–Crippen MR) is 96.4 cm³/mol. The maximum atomic E-state index is 10.6. The average molecular weight is 376 g/mol.